The highest BCUT2D eigenvalue weighted by Gasteiger charge is 2.45. The molecule has 28 heavy (non-hydrogen) atoms. The number of H-pyrrole nitrogens is 1. The second-order valence-electron chi connectivity index (χ2n) is 6.28. The van der Waals surface area contributed by atoms with Crippen molar-refractivity contribution in [1.29, 1.82) is 0 Å². The maximum atomic E-state index is 12.9. The zero-order chi connectivity index (χ0) is 19.8. The van der Waals surface area contributed by atoms with E-state index in [-0.39, 0.29) is 11.5 Å². The maximum absolute atomic E-state index is 12.9. The van der Waals surface area contributed by atoms with E-state index in [1.807, 2.05) is 54.8 Å². The van der Waals surface area contributed by atoms with E-state index in [0.29, 0.717) is 27.9 Å². The Morgan fingerprint density at radius 1 is 1.21 bits per heavy atom. The van der Waals surface area contributed by atoms with Gasteiger partial charge in [0.05, 0.1) is 23.9 Å². The Morgan fingerprint density at radius 2 is 1.93 bits per heavy atom. The van der Waals surface area contributed by atoms with Crippen molar-refractivity contribution in [2.24, 2.45) is 0 Å². The van der Waals surface area contributed by atoms with Crippen LogP contribution in [0.15, 0.2) is 58.5 Å². The highest BCUT2D eigenvalue weighted by molar-refractivity contribution is 7.98. The van der Waals surface area contributed by atoms with Crippen LogP contribution in [0.5, 0.6) is 5.75 Å². The molecule has 1 aromatic heterocycles. The summed E-state index contributed by atoms with van der Waals surface area (Å²) in [6.07, 6.45) is 1.19. The van der Waals surface area contributed by atoms with Gasteiger partial charge in [0.2, 0.25) is 11.1 Å². The number of anilines is 1. The number of thioether (sulfide) groups is 1. The van der Waals surface area contributed by atoms with E-state index in [0.717, 1.165) is 5.56 Å². The molecule has 2 aromatic carbocycles. The summed E-state index contributed by atoms with van der Waals surface area (Å²) in [7, 11) is 1.58. The predicted octanol–water partition coefficient (Wildman–Crippen LogP) is 2.37. The van der Waals surface area contributed by atoms with Gasteiger partial charge in [-0.05, 0) is 35.2 Å². The molecule has 1 N–H and O–H groups in total. The number of ether oxygens (including phenoxy) is 1. The van der Waals surface area contributed by atoms with E-state index in [1.54, 1.807) is 16.7 Å². The molecule has 0 fully saturated rings. The summed E-state index contributed by atoms with van der Waals surface area (Å²) < 4.78 is 7.16. The lowest BCUT2D eigenvalue weighted by molar-refractivity contribution is -0.763. The first-order valence-electron chi connectivity index (χ1n) is 8.69. The lowest BCUT2D eigenvalue weighted by atomic mass is 10.0. The molecule has 4 rings (SSSR count). The molecular weight excluding hydrogens is 376 g/mol. The first kappa shape index (κ1) is 18.2. The molecule has 0 radical (unpaired) electrons. The van der Waals surface area contributed by atoms with Gasteiger partial charge in [0.25, 0.3) is 6.17 Å². The molecule has 1 aliphatic rings. The van der Waals surface area contributed by atoms with Crippen LogP contribution in [-0.2, 0) is 4.79 Å². The number of rotatable bonds is 3. The van der Waals surface area contributed by atoms with Crippen molar-refractivity contribution < 1.29 is 14.2 Å². The second kappa shape index (κ2) is 7.12. The van der Waals surface area contributed by atoms with Gasteiger partial charge in [-0.15, -0.1) is 0 Å². The molecular formula is C20H19N4O3S+. The van der Waals surface area contributed by atoms with Crippen molar-refractivity contribution in [3.8, 4) is 17.0 Å². The molecule has 1 amide bonds. The summed E-state index contributed by atoms with van der Waals surface area (Å²) in [6, 6.07) is 14.8. The number of aromatic nitrogens is 3. The minimum Gasteiger partial charge on any atom is -0.496 e. The Balaban J connectivity index is 2.12. The average molecular weight is 395 g/mol. The molecule has 1 aliphatic heterocycles. The van der Waals surface area contributed by atoms with Gasteiger partial charge in [0.15, 0.2) is 0 Å². The molecule has 0 saturated heterocycles. The van der Waals surface area contributed by atoms with Crippen molar-refractivity contribution in [3.05, 3.63) is 64.4 Å². The molecule has 2 heterocycles. The fraction of sp³-hybridized carbons (Fsp3) is 0.200. The minimum absolute atomic E-state index is 0.158. The quantitative estimate of drug-likeness (QED) is 0.544. The van der Waals surface area contributed by atoms with Crippen molar-refractivity contribution in [1.82, 2.24) is 10.1 Å². The minimum atomic E-state index is -0.647. The number of nitrogens with one attached hydrogen (secondary N) is 1. The fourth-order valence-electron chi connectivity index (χ4n) is 3.57. The lowest BCUT2D eigenvalue weighted by Crippen LogP contribution is -2.60. The molecule has 0 aliphatic carbocycles. The Hall–Kier alpha value is -3.13. The van der Waals surface area contributed by atoms with E-state index in [9.17, 15) is 9.59 Å². The van der Waals surface area contributed by atoms with E-state index in [1.165, 1.54) is 18.7 Å². The Kier molecular flexibility index (Phi) is 4.64. The number of aromatic amines is 1. The van der Waals surface area contributed by atoms with Gasteiger partial charge in [-0.25, -0.2) is 4.90 Å². The summed E-state index contributed by atoms with van der Waals surface area (Å²) in [4.78, 5) is 30.2. The highest BCUT2D eigenvalue weighted by Crippen LogP contribution is 2.39. The van der Waals surface area contributed by atoms with Crippen molar-refractivity contribution in [2.45, 2.75) is 18.2 Å². The van der Waals surface area contributed by atoms with Crippen LogP contribution in [-0.4, -0.2) is 29.4 Å². The molecule has 8 heteroatoms. The Labute approximate surface area is 166 Å². The summed E-state index contributed by atoms with van der Waals surface area (Å²) >= 11 is 1.33. The third-order valence-corrected chi connectivity index (χ3v) is 5.28. The number of fused-ring (bicyclic) bond motifs is 3. The standard InChI is InChI=1S/C20H18N4O3S/c1-12(25)23-15-10-6-4-8-13(15)17-18(26)21-20(28-3)22-24(17)19(23)14-9-5-7-11-16(14)27-2/h4-11,19H,1-3H3/p+1/t19-/m0/s1. The zero-order valence-corrected chi connectivity index (χ0v) is 16.5. The molecule has 0 saturated carbocycles. The van der Waals surface area contributed by atoms with Crippen molar-refractivity contribution in [3.63, 3.8) is 0 Å². The van der Waals surface area contributed by atoms with Crippen LogP contribution in [0.3, 0.4) is 0 Å². The van der Waals surface area contributed by atoms with Crippen molar-refractivity contribution in [2.75, 3.05) is 18.3 Å². The molecule has 0 bridgehead atoms. The molecule has 1 atom stereocenters. The molecule has 0 spiro atoms. The van der Waals surface area contributed by atoms with Gasteiger partial charge in [0, 0.05) is 12.0 Å². The number of nitrogens with zero attached hydrogens (tertiary/aromatic N) is 3. The highest BCUT2D eigenvalue weighted by atomic mass is 32.2. The van der Waals surface area contributed by atoms with E-state index >= 15 is 0 Å². The lowest BCUT2D eigenvalue weighted by Gasteiger charge is -2.31. The monoisotopic (exact) mass is 395 g/mol. The molecule has 3 aromatic rings. The Bertz CT molecular complexity index is 1130. The van der Waals surface area contributed by atoms with Gasteiger partial charge in [-0.1, -0.05) is 36.0 Å². The smallest absolute Gasteiger partial charge is 0.325 e. The first-order valence-corrected chi connectivity index (χ1v) is 9.91. The van der Waals surface area contributed by atoms with E-state index in [2.05, 4.69) is 10.1 Å². The van der Waals surface area contributed by atoms with E-state index < -0.39 is 6.17 Å². The number of hydrogen-bond donors (Lipinski definition) is 1. The van der Waals surface area contributed by atoms with Crippen LogP contribution in [0, 0.1) is 0 Å². The Morgan fingerprint density at radius 3 is 2.64 bits per heavy atom. The largest absolute Gasteiger partial charge is 0.496 e. The van der Waals surface area contributed by atoms with Gasteiger partial charge < -0.3 is 4.74 Å². The van der Waals surface area contributed by atoms with Crippen LogP contribution in [0.2, 0.25) is 0 Å². The van der Waals surface area contributed by atoms with Gasteiger partial charge in [0.1, 0.15) is 5.75 Å². The normalized spacial score (nSPS) is 15.0. The first-order chi connectivity index (χ1) is 13.6. The third kappa shape index (κ3) is 2.77. The SMILES string of the molecule is COc1ccccc1[C@H]1N(C(C)=O)c2ccccc2-c2c(=O)[nH]c(SC)n[n+]21. The van der Waals surface area contributed by atoms with Gasteiger partial charge >= 0.3 is 11.3 Å². The van der Waals surface area contributed by atoms with Crippen LogP contribution in [0.1, 0.15) is 18.7 Å². The summed E-state index contributed by atoms with van der Waals surface area (Å²) in [5, 5.41) is 5.10. The van der Waals surface area contributed by atoms with Crippen LogP contribution >= 0.6 is 11.8 Å². The maximum Gasteiger partial charge on any atom is 0.325 e. The number of benzene rings is 2. The number of carbonyl (C=O) groups excluding carboxylic acids is 1. The van der Waals surface area contributed by atoms with Gasteiger partial charge in [-0.2, -0.15) is 0 Å². The van der Waals surface area contributed by atoms with Crippen LogP contribution < -0.4 is 19.9 Å². The predicted molar refractivity (Wildman–Crippen MR) is 107 cm³/mol. The van der Waals surface area contributed by atoms with Crippen LogP contribution in [0.25, 0.3) is 11.3 Å². The number of hydrogen-bond acceptors (Lipinski definition) is 5. The topological polar surface area (TPSA) is 79.2 Å². The second-order valence-corrected chi connectivity index (χ2v) is 7.07. The number of carbonyl (C=O) groups is 1. The number of para-hydroxylation sites is 2. The third-order valence-electron chi connectivity index (χ3n) is 4.71. The number of amides is 1. The summed E-state index contributed by atoms with van der Waals surface area (Å²) in [5.41, 5.74) is 2.21. The van der Waals surface area contributed by atoms with Gasteiger partial charge in [-0.3, -0.25) is 14.6 Å². The molecule has 0 unspecified atom stereocenters. The summed E-state index contributed by atoms with van der Waals surface area (Å²) in [6.45, 7) is 1.51. The summed E-state index contributed by atoms with van der Waals surface area (Å²) in [5.74, 6) is 0.457. The van der Waals surface area contributed by atoms with E-state index in [4.69, 9.17) is 4.74 Å². The van der Waals surface area contributed by atoms with Crippen molar-refractivity contribution >= 4 is 23.4 Å². The average Bonchev–Trinajstić information content (AvgIpc) is 2.72. The molecule has 142 valence electrons. The molecule has 7 nitrogen and oxygen atoms in total. The van der Waals surface area contributed by atoms with Crippen LogP contribution in [0.4, 0.5) is 5.69 Å². The fourth-order valence-corrected chi connectivity index (χ4v) is 3.93. The number of methoxy groups -OCH3 is 1. The zero-order valence-electron chi connectivity index (χ0n) is 15.7.